The maximum absolute atomic E-state index is 7.23. The Morgan fingerprint density at radius 3 is 2.49 bits per heavy atom. The van der Waals surface area contributed by atoms with Crippen molar-refractivity contribution in [2.24, 2.45) is 38.6 Å². The number of benzene rings is 2. The van der Waals surface area contributed by atoms with Crippen LogP contribution in [-0.2, 0) is 4.74 Å². The third kappa shape index (κ3) is 7.56. The summed E-state index contributed by atoms with van der Waals surface area (Å²) in [6, 6.07) is 17.6. The van der Waals surface area contributed by atoms with E-state index in [1.165, 1.54) is 68.9 Å². The molecule has 7 aliphatic carbocycles. The standard InChI is InChI=1S/C62H61N5O/c1-6-19-40(20-7-1)47-34-33-44(35-50(47)41-21-8-2-9-22-41)45-36-53(62-65-60(42-23-10-3-11-24-42)64-61(66-62)43-25-12-4-13-26-43)59(63-39-45)49-30-18-32-56-58(49)52-37-55-51(38-57(52)68-56)48-29-16-17-31-54(48)67(55)46-27-14-5-15-28-46/h2-3,5,8,10-12,14,16-19,21,23-27,30-36,39,48,52-53,56-59,61H,1,4,6-7,9,13,15,20,22,28-29,37-38H2,(H,64,65,66). The molecule has 1 fully saturated rings. The minimum absolute atomic E-state index is 0.00721. The molecule has 2 aromatic carbocycles. The molecule has 2 aromatic rings. The molecule has 0 bridgehead atoms. The normalized spacial score (nSPS) is 31.2. The zero-order chi connectivity index (χ0) is 45.0. The van der Waals surface area contributed by atoms with E-state index in [0.29, 0.717) is 11.8 Å². The van der Waals surface area contributed by atoms with E-state index in [9.17, 15) is 0 Å². The van der Waals surface area contributed by atoms with E-state index < -0.39 is 0 Å². The molecule has 0 spiro atoms. The summed E-state index contributed by atoms with van der Waals surface area (Å²) >= 11 is 0. The van der Waals surface area contributed by atoms with Gasteiger partial charge in [0.1, 0.15) is 12.0 Å². The number of fused-ring (bicyclic) bond motifs is 5. The van der Waals surface area contributed by atoms with Crippen LogP contribution in [0.1, 0.15) is 106 Å². The van der Waals surface area contributed by atoms with Crippen LogP contribution in [0.25, 0.3) is 16.7 Å². The summed E-state index contributed by atoms with van der Waals surface area (Å²) in [6.45, 7) is 0. The van der Waals surface area contributed by atoms with Crippen LogP contribution in [0.2, 0.25) is 0 Å². The van der Waals surface area contributed by atoms with E-state index in [-0.39, 0.29) is 36.3 Å². The Bertz CT molecular complexity index is 2930. The molecular weight excluding hydrogens is 831 g/mol. The number of aliphatic imine (C=N–C) groups is 3. The number of nitrogens with one attached hydrogen (secondary N) is 1. The molecule has 0 aromatic heterocycles. The van der Waals surface area contributed by atoms with Gasteiger partial charge in [0.05, 0.1) is 24.2 Å². The van der Waals surface area contributed by atoms with Crippen LogP contribution < -0.4 is 5.32 Å². The summed E-state index contributed by atoms with van der Waals surface area (Å²) in [7, 11) is 0. The number of amidine groups is 2. The van der Waals surface area contributed by atoms with Crippen LogP contribution in [0.5, 0.6) is 0 Å². The molecule has 1 N–H and O–H groups in total. The molecule has 0 saturated carbocycles. The number of allylic oxidation sites excluding steroid dienone is 20. The molecule has 4 aliphatic heterocycles. The summed E-state index contributed by atoms with van der Waals surface area (Å²) in [5.74, 6) is 2.49. The second kappa shape index (κ2) is 17.9. The lowest BCUT2D eigenvalue weighted by Gasteiger charge is -2.39. The maximum atomic E-state index is 7.23. The van der Waals surface area contributed by atoms with Crippen molar-refractivity contribution >= 4 is 34.6 Å². The quantitative estimate of drug-likeness (QED) is 0.287. The number of hydrogen-bond acceptors (Lipinski definition) is 6. The number of ether oxygens (including phenoxy) is 1. The minimum atomic E-state index is -0.251. The number of hydrogen-bond donors (Lipinski definition) is 1. The molecule has 8 unspecified atom stereocenters. The molecular formula is C62H61N5O. The van der Waals surface area contributed by atoms with Crippen LogP contribution >= 0.6 is 0 Å². The predicted octanol–water partition coefficient (Wildman–Crippen LogP) is 13.4. The zero-order valence-electron chi connectivity index (χ0n) is 39.0. The van der Waals surface area contributed by atoms with Crippen LogP contribution in [0.3, 0.4) is 0 Å². The molecule has 8 atom stereocenters. The Balaban J connectivity index is 0.909. The summed E-state index contributed by atoms with van der Waals surface area (Å²) < 4.78 is 7.23. The van der Waals surface area contributed by atoms with Crippen molar-refractivity contribution in [2.75, 3.05) is 0 Å². The van der Waals surface area contributed by atoms with Gasteiger partial charge in [0, 0.05) is 46.6 Å². The van der Waals surface area contributed by atoms with Gasteiger partial charge >= 0.3 is 0 Å². The molecule has 4 heterocycles. The highest BCUT2D eigenvalue weighted by molar-refractivity contribution is 6.14. The van der Waals surface area contributed by atoms with E-state index in [1.807, 2.05) is 0 Å². The monoisotopic (exact) mass is 891 g/mol. The first-order chi connectivity index (χ1) is 33.7. The lowest BCUT2D eigenvalue weighted by molar-refractivity contribution is 0.0501. The fourth-order valence-electron chi connectivity index (χ4n) is 13.1. The Morgan fingerprint density at radius 2 is 1.65 bits per heavy atom. The third-order valence-corrected chi connectivity index (χ3v) is 16.4. The summed E-state index contributed by atoms with van der Waals surface area (Å²) in [6.07, 6.45) is 56.0. The Labute approximate surface area is 402 Å². The van der Waals surface area contributed by atoms with Gasteiger partial charge in [-0.25, -0.2) is 9.98 Å². The van der Waals surface area contributed by atoms with Crippen LogP contribution in [0.4, 0.5) is 0 Å². The van der Waals surface area contributed by atoms with Crippen LogP contribution in [0, 0.1) is 23.7 Å². The highest BCUT2D eigenvalue weighted by Gasteiger charge is 2.54. The van der Waals surface area contributed by atoms with E-state index in [0.717, 1.165) is 93.4 Å². The van der Waals surface area contributed by atoms with Crippen molar-refractivity contribution < 1.29 is 4.74 Å². The third-order valence-electron chi connectivity index (χ3n) is 16.4. The second-order valence-electron chi connectivity index (χ2n) is 20.3. The van der Waals surface area contributed by atoms with Crippen molar-refractivity contribution in [3.8, 4) is 0 Å². The van der Waals surface area contributed by atoms with Crippen LogP contribution in [0.15, 0.2) is 201 Å². The first-order valence-corrected chi connectivity index (χ1v) is 25.8. The fourth-order valence-corrected chi connectivity index (χ4v) is 13.1. The Morgan fingerprint density at radius 1 is 0.735 bits per heavy atom. The van der Waals surface area contributed by atoms with Gasteiger partial charge in [-0.15, -0.1) is 0 Å². The fraction of sp³-hybridized carbons (Fsp3) is 0.339. The average Bonchev–Trinajstić information content (AvgIpc) is 3.95. The molecule has 11 aliphatic rings. The molecule has 6 nitrogen and oxygen atoms in total. The van der Waals surface area contributed by atoms with Gasteiger partial charge in [-0.2, -0.15) is 0 Å². The number of rotatable bonds is 8. The van der Waals surface area contributed by atoms with E-state index in [1.54, 1.807) is 5.57 Å². The van der Waals surface area contributed by atoms with Gasteiger partial charge in [-0.3, -0.25) is 4.99 Å². The van der Waals surface area contributed by atoms with Crippen LogP contribution in [-0.4, -0.2) is 47.2 Å². The first kappa shape index (κ1) is 41.8. The lowest BCUT2D eigenvalue weighted by atomic mass is 9.68. The summed E-state index contributed by atoms with van der Waals surface area (Å²) in [5.41, 5.74) is 17.6. The Kier molecular flexibility index (Phi) is 11.0. The molecule has 340 valence electrons. The largest absolute Gasteiger partial charge is 0.370 e. The van der Waals surface area contributed by atoms with Gasteiger partial charge in [0.15, 0.2) is 5.84 Å². The molecule has 0 amide bonds. The van der Waals surface area contributed by atoms with Gasteiger partial charge in [-0.1, -0.05) is 134 Å². The summed E-state index contributed by atoms with van der Waals surface area (Å²) in [5, 5.41) is 3.95. The molecule has 6 heteroatoms. The van der Waals surface area contributed by atoms with Crippen molar-refractivity contribution in [3.63, 3.8) is 0 Å². The van der Waals surface area contributed by atoms with Gasteiger partial charge in [0.25, 0.3) is 0 Å². The highest BCUT2D eigenvalue weighted by Crippen LogP contribution is 2.57. The van der Waals surface area contributed by atoms with E-state index in [4.69, 9.17) is 19.7 Å². The maximum Gasteiger partial charge on any atom is 0.159 e. The van der Waals surface area contributed by atoms with Crippen molar-refractivity contribution in [3.05, 3.63) is 208 Å². The zero-order valence-corrected chi connectivity index (χ0v) is 39.0. The highest BCUT2D eigenvalue weighted by atomic mass is 16.5. The first-order valence-electron chi connectivity index (χ1n) is 25.8. The minimum Gasteiger partial charge on any atom is -0.370 e. The van der Waals surface area contributed by atoms with Gasteiger partial charge in [-0.05, 0) is 152 Å². The van der Waals surface area contributed by atoms with Crippen molar-refractivity contribution in [1.82, 2.24) is 10.2 Å². The molecule has 68 heavy (non-hydrogen) atoms. The predicted molar refractivity (Wildman–Crippen MR) is 280 cm³/mol. The number of nitrogens with zero attached hydrogens (tertiary/aromatic N) is 4. The smallest absolute Gasteiger partial charge is 0.159 e. The number of dihydropyridines is 1. The second-order valence-corrected chi connectivity index (χ2v) is 20.3. The summed E-state index contributed by atoms with van der Waals surface area (Å²) in [4.78, 5) is 19.3. The average molecular weight is 892 g/mol. The van der Waals surface area contributed by atoms with Gasteiger partial charge in [0.2, 0.25) is 0 Å². The van der Waals surface area contributed by atoms with Crippen molar-refractivity contribution in [2.45, 2.75) is 108 Å². The SMILES string of the molecule is C1=CCCC(c2cc(C3=CC(C4=NC(c5ccccc5)=NC(C5=CCCC=C5)N4)C(C4=CC=CC5OC6CC7=C(CC6C45)N(C4=CC=CCC4)C4=CC=CCC47)N=C3)ccc2C2=CCCCC2)=C1. The molecule has 1 saturated heterocycles. The van der Waals surface area contributed by atoms with E-state index in [2.05, 4.69) is 168 Å². The molecule has 13 rings (SSSR count). The lowest BCUT2D eigenvalue weighted by Crippen LogP contribution is -2.47. The van der Waals surface area contributed by atoms with E-state index >= 15 is 0 Å². The van der Waals surface area contributed by atoms with Gasteiger partial charge < -0.3 is 15.0 Å². The Hall–Kier alpha value is -6.37. The van der Waals surface area contributed by atoms with Crippen molar-refractivity contribution in [1.29, 1.82) is 0 Å². The topological polar surface area (TPSA) is 61.6 Å². The molecule has 0 radical (unpaired) electrons.